The van der Waals surface area contributed by atoms with Gasteiger partial charge in [0.25, 0.3) is 0 Å². The maximum Gasteiger partial charge on any atom is 0.246 e. The van der Waals surface area contributed by atoms with E-state index in [9.17, 15) is 28.8 Å². The zero-order chi connectivity index (χ0) is 62.6. The summed E-state index contributed by atoms with van der Waals surface area (Å²) in [5, 5.41) is 20.1. The molecule has 0 unspecified atom stereocenters. The van der Waals surface area contributed by atoms with E-state index in [0.717, 1.165) is 83.2 Å². The zero-order valence-electron chi connectivity index (χ0n) is 50.2. The number of aromatic amines is 3. The highest BCUT2D eigenvalue weighted by Crippen LogP contribution is 2.35. The van der Waals surface area contributed by atoms with E-state index in [1.807, 2.05) is 112 Å². The summed E-state index contributed by atoms with van der Waals surface area (Å²) in [6.07, 6.45) is 0.659. The summed E-state index contributed by atoms with van der Waals surface area (Å²) in [4.78, 5) is 92.4. The molecular formula is C67H76N12O9. The predicted molar refractivity (Wildman–Crippen MR) is 343 cm³/mol. The first-order valence-corrected chi connectivity index (χ1v) is 29.2. The van der Waals surface area contributed by atoms with Crippen molar-refractivity contribution in [1.82, 2.24) is 30.9 Å². The molecule has 0 spiro atoms. The predicted octanol–water partition coefficient (Wildman–Crippen LogP) is 7.31. The van der Waals surface area contributed by atoms with Gasteiger partial charge in [0, 0.05) is 72.8 Å². The van der Waals surface area contributed by atoms with Crippen LogP contribution in [0, 0.1) is 20.8 Å². The largest absolute Gasteiger partial charge is 0.497 e. The normalized spacial score (nSPS) is 12.3. The molecule has 3 aromatic heterocycles. The second-order valence-electron chi connectivity index (χ2n) is 21.8. The fourth-order valence-corrected chi connectivity index (χ4v) is 11.2. The molecule has 88 heavy (non-hydrogen) atoms. The molecule has 0 saturated carbocycles. The number of carbonyl (C=O) groups is 6. The number of hydrogen-bond donors (Lipinski definition) is 12. The van der Waals surface area contributed by atoms with E-state index in [4.69, 9.17) is 31.4 Å². The number of nitrogens with two attached hydrogens (primary N) is 3. The van der Waals surface area contributed by atoms with Crippen LogP contribution in [0.5, 0.6) is 17.2 Å². The number of aromatic nitrogens is 3. The summed E-state index contributed by atoms with van der Waals surface area (Å²) >= 11 is 0. The lowest BCUT2D eigenvalue weighted by atomic mass is 9.85. The Kier molecular flexibility index (Phi) is 20.3. The number of nitrogens with one attached hydrogen (secondary N) is 9. The van der Waals surface area contributed by atoms with Crippen LogP contribution in [0.15, 0.2) is 127 Å². The van der Waals surface area contributed by atoms with Crippen LogP contribution in [0.25, 0.3) is 32.7 Å². The summed E-state index contributed by atoms with van der Waals surface area (Å²) < 4.78 is 16.3. The average Bonchev–Trinajstić information content (AvgIpc) is 2.30. The number of rotatable bonds is 27. The van der Waals surface area contributed by atoms with E-state index in [1.54, 1.807) is 57.7 Å². The Morgan fingerprint density at radius 2 is 0.659 bits per heavy atom. The smallest absolute Gasteiger partial charge is 0.246 e. The third kappa shape index (κ3) is 14.8. The van der Waals surface area contributed by atoms with Crippen LogP contribution in [-0.4, -0.2) is 109 Å². The average molecular weight is 1190 g/mol. The number of H-pyrrole nitrogens is 3. The summed E-state index contributed by atoms with van der Waals surface area (Å²) in [6.45, 7) is 6.13. The van der Waals surface area contributed by atoms with E-state index in [-0.39, 0.29) is 75.9 Å². The summed E-state index contributed by atoms with van der Waals surface area (Å²) in [7, 11) is 4.75. The van der Waals surface area contributed by atoms with Crippen LogP contribution in [0.3, 0.4) is 0 Å². The lowest BCUT2D eigenvalue weighted by Gasteiger charge is -2.22. The van der Waals surface area contributed by atoms with Crippen molar-refractivity contribution >= 4 is 85.2 Å². The molecule has 0 aliphatic rings. The van der Waals surface area contributed by atoms with Crippen molar-refractivity contribution in [2.45, 2.75) is 83.3 Å². The Balaban J connectivity index is 0.917. The van der Waals surface area contributed by atoms with E-state index in [2.05, 4.69) is 46.9 Å². The van der Waals surface area contributed by atoms with Gasteiger partial charge in [-0.3, -0.25) is 28.8 Å². The minimum atomic E-state index is -0.925. The fourth-order valence-electron chi connectivity index (χ4n) is 11.2. The van der Waals surface area contributed by atoms with Crippen molar-refractivity contribution < 1.29 is 43.0 Å². The van der Waals surface area contributed by atoms with Crippen molar-refractivity contribution in [2.75, 3.05) is 56.9 Å². The molecule has 3 heterocycles. The first-order chi connectivity index (χ1) is 42.5. The second kappa shape index (κ2) is 28.5. The van der Waals surface area contributed by atoms with E-state index in [0.29, 0.717) is 34.3 Å². The van der Waals surface area contributed by atoms with Crippen LogP contribution >= 0.6 is 0 Å². The van der Waals surface area contributed by atoms with Crippen LogP contribution in [0.4, 0.5) is 17.1 Å². The summed E-state index contributed by atoms with van der Waals surface area (Å²) in [5.74, 6) is -0.799. The molecule has 0 aliphatic heterocycles. The van der Waals surface area contributed by atoms with Gasteiger partial charge in [-0.1, -0.05) is 36.4 Å². The highest BCUT2D eigenvalue weighted by atomic mass is 16.5. The molecule has 3 atom stereocenters. The van der Waals surface area contributed by atoms with Gasteiger partial charge >= 0.3 is 0 Å². The number of fused-ring (bicyclic) bond motifs is 3. The van der Waals surface area contributed by atoms with Crippen LogP contribution in [-0.2, 0) is 48.0 Å². The molecule has 6 amide bonds. The Labute approximate surface area is 509 Å². The minimum absolute atomic E-state index is 0.0254. The number of hydrogen-bond acceptors (Lipinski definition) is 12. The standard InChI is InChI=1S/C67H76N12O9/c1-37-49(52-31-46(86-4)19-22-55(52)71-37)34-61(80)77-58(25-28-68)65(83)74-43-13-7-40(8-14-43)64(41-9-15-44(16-10-41)75-66(84)59(26-29-69)78-62(81)35-50-38(2)72-56-23-20-47(87-5)32-53(50)56)42-11-17-45(18-12-42)76-67(85)60(27-30-70)79-63(82)36-51-39(3)73-57-24-21-48(88-6)33-54(51)57/h7-24,31-33,58-60,64,71-73H,25-30,34-36,68-70H2,1-6H3,(H,74,83)(H,75,84)(H,76,85)(H,77,80)(H,78,81)(H,79,82)/t58-,59-,60-/m0/s1. The van der Waals surface area contributed by atoms with Crippen LogP contribution in [0.2, 0.25) is 0 Å². The number of carbonyl (C=O) groups excluding carboxylic acids is 6. The summed E-state index contributed by atoms with van der Waals surface area (Å²) in [6, 6.07) is 36.0. The van der Waals surface area contributed by atoms with E-state index >= 15 is 0 Å². The Morgan fingerprint density at radius 1 is 0.398 bits per heavy atom. The van der Waals surface area contributed by atoms with Gasteiger partial charge in [-0.25, -0.2) is 0 Å². The van der Waals surface area contributed by atoms with Crippen LogP contribution in [0.1, 0.15) is 75.6 Å². The first kappa shape index (κ1) is 62.6. The van der Waals surface area contributed by atoms with Gasteiger partial charge in [-0.05, 0) is 184 Å². The molecule has 15 N–H and O–H groups in total. The quantitative estimate of drug-likeness (QED) is 0.0226. The number of methoxy groups -OCH3 is 3. The second-order valence-corrected chi connectivity index (χ2v) is 21.8. The molecule has 0 radical (unpaired) electrons. The van der Waals surface area contributed by atoms with Gasteiger partial charge in [0.15, 0.2) is 0 Å². The van der Waals surface area contributed by atoms with Crippen molar-refractivity contribution in [3.05, 3.63) is 178 Å². The molecule has 9 aromatic rings. The van der Waals surface area contributed by atoms with Gasteiger partial charge < -0.3 is 78.3 Å². The van der Waals surface area contributed by atoms with Crippen molar-refractivity contribution in [3.8, 4) is 17.2 Å². The first-order valence-electron chi connectivity index (χ1n) is 29.2. The van der Waals surface area contributed by atoms with Gasteiger partial charge in [0.1, 0.15) is 35.4 Å². The number of ether oxygens (including phenoxy) is 3. The van der Waals surface area contributed by atoms with Gasteiger partial charge in [0.2, 0.25) is 35.4 Å². The lowest BCUT2D eigenvalue weighted by Crippen LogP contribution is -2.45. The molecule has 0 saturated heterocycles. The SMILES string of the molecule is COc1ccc2[nH]c(C)c(CC(=O)N[C@@H](CCN)C(=O)Nc3ccc(C(c4ccc(NC(=O)[C@H](CCN)NC(=O)Cc5c(C)[nH]c6ccc(OC)cc56)cc4)c4ccc(NC(=O)[C@H](CCN)NC(=O)Cc5c(C)[nH]c6ccc(OC)cc56)cc4)cc3)c2c1. The maximum atomic E-state index is 13.9. The highest BCUT2D eigenvalue weighted by Gasteiger charge is 2.27. The molecular weight excluding hydrogens is 1120 g/mol. The van der Waals surface area contributed by atoms with E-state index < -0.39 is 41.8 Å². The number of anilines is 3. The lowest BCUT2D eigenvalue weighted by molar-refractivity contribution is -0.126. The Hall–Kier alpha value is -9.96. The van der Waals surface area contributed by atoms with E-state index in [1.165, 1.54) is 0 Å². The monoisotopic (exact) mass is 1190 g/mol. The Bertz CT molecular complexity index is 3580. The topological polar surface area (TPSA) is 328 Å². The van der Waals surface area contributed by atoms with Gasteiger partial charge in [-0.15, -0.1) is 0 Å². The number of benzene rings is 6. The maximum absolute atomic E-state index is 13.9. The highest BCUT2D eigenvalue weighted by molar-refractivity contribution is 6.01. The third-order valence-corrected chi connectivity index (χ3v) is 15.8. The molecule has 21 nitrogen and oxygen atoms in total. The molecule has 9 rings (SSSR count). The van der Waals surface area contributed by atoms with Crippen molar-refractivity contribution in [2.24, 2.45) is 17.2 Å². The molecule has 458 valence electrons. The molecule has 6 aromatic carbocycles. The molecule has 0 bridgehead atoms. The molecule has 0 fully saturated rings. The fraction of sp³-hybridized carbons (Fsp3) is 0.284. The molecule has 21 heteroatoms. The minimum Gasteiger partial charge on any atom is -0.497 e. The van der Waals surface area contributed by atoms with Gasteiger partial charge in [-0.2, -0.15) is 0 Å². The van der Waals surface area contributed by atoms with Gasteiger partial charge in [0.05, 0.1) is 40.6 Å². The Morgan fingerprint density at radius 3 is 0.898 bits per heavy atom. The number of aryl methyl sites for hydroxylation is 3. The summed E-state index contributed by atoms with van der Waals surface area (Å²) in [5.41, 5.74) is 29.3. The molecule has 0 aliphatic carbocycles. The zero-order valence-corrected chi connectivity index (χ0v) is 50.2. The number of amides is 6. The third-order valence-electron chi connectivity index (χ3n) is 15.8. The van der Waals surface area contributed by atoms with Crippen molar-refractivity contribution in [3.63, 3.8) is 0 Å². The van der Waals surface area contributed by atoms with Crippen molar-refractivity contribution in [1.29, 1.82) is 0 Å². The van der Waals surface area contributed by atoms with Crippen LogP contribution < -0.4 is 63.3 Å².